The number of aromatic nitrogens is 3. The van der Waals surface area contributed by atoms with E-state index < -0.39 is 0 Å². The Kier molecular flexibility index (Phi) is 7.41. The molecule has 7 heteroatoms. The van der Waals surface area contributed by atoms with Gasteiger partial charge in [-0.25, -0.2) is 4.85 Å². The summed E-state index contributed by atoms with van der Waals surface area (Å²) in [4.78, 5) is 9.24. The fraction of sp³-hybridized carbons (Fsp3) is 0. The molecule has 0 spiro atoms. The molecule has 13 rings (SSSR count). The van der Waals surface area contributed by atoms with Gasteiger partial charge in [0.25, 0.3) is 0 Å². The van der Waals surface area contributed by atoms with Crippen molar-refractivity contribution in [1.29, 1.82) is 5.26 Å². The molecular weight excluding hydrogens is 795 g/mol. The van der Waals surface area contributed by atoms with E-state index in [1.807, 2.05) is 60.9 Å². The SMILES string of the molecule is [C-]#[N+]c1c(-c2ccccc2)c(C#N)c(-n2c3ccccc3c3ccncc32)c(-c2ccccc2)c1-n1c2c(ccc3c4ccccc4sc32)c2ccc3c4ccccc4sc3c21. The van der Waals surface area contributed by atoms with E-state index in [1.165, 1.54) is 30.9 Å². The second-order valence-corrected chi connectivity index (χ2v) is 17.7. The van der Waals surface area contributed by atoms with E-state index in [1.54, 1.807) is 22.7 Å². The molecule has 0 radical (unpaired) electrons. The number of hydrogen-bond acceptors (Lipinski definition) is 4. The number of hydrogen-bond donors (Lipinski definition) is 0. The highest BCUT2D eigenvalue weighted by molar-refractivity contribution is 7.27. The number of fused-ring (bicyclic) bond motifs is 14. The Morgan fingerprint density at radius 2 is 1.00 bits per heavy atom. The first-order valence-electron chi connectivity index (χ1n) is 20.4. The first-order chi connectivity index (χ1) is 30.7. The zero-order valence-corrected chi connectivity index (χ0v) is 34.4. The van der Waals surface area contributed by atoms with E-state index in [0.717, 1.165) is 75.4 Å². The monoisotopic (exact) mass is 823 g/mol. The summed E-state index contributed by atoms with van der Waals surface area (Å²) >= 11 is 3.59. The summed E-state index contributed by atoms with van der Waals surface area (Å²) in [5.41, 5.74) is 9.32. The minimum absolute atomic E-state index is 0.421. The number of pyridine rings is 1. The molecule has 0 atom stereocenters. The maximum Gasteiger partial charge on any atom is 0.220 e. The molecule has 8 aromatic carbocycles. The van der Waals surface area contributed by atoms with Crippen LogP contribution < -0.4 is 0 Å². The summed E-state index contributed by atoms with van der Waals surface area (Å²) in [5.74, 6) is 0. The lowest BCUT2D eigenvalue weighted by molar-refractivity contribution is 1.13. The molecule has 0 N–H and O–H groups in total. The van der Waals surface area contributed by atoms with Gasteiger partial charge in [0.05, 0.1) is 61.2 Å². The second-order valence-electron chi connectivity index (χ2n) is 15.6. The van der Waals surface area contributed by atoms with Crippen molar-refractivity contribution < 1.29 is 0 Å². The Morgan fingerprint density at radius 3 is 1.60 bits per heavy atom. The molecule has 0 saturated heterocycles. The molecule has 5 nitrogen and oxygen atoms in total. The first kappa shape index (κ1) is 34.8. The fourth-order valence-electron chi connectivity index (χ4n) is 9.96. The lowest BCUT2D eigenvalue weighted by Crippen LogP contribution is -2.09. The van der Waals surface area contributed by atoms with Crippen LogP contribution >= 0.6 is 22.7 Å². The van der Waals surface area contributed by atoms with Crippen LogP contribution in [0.4, 0.5) is 5.69 Å². The minimum atomic E-state index is 0.421. The van der Waals surface area contributed by atoms with Crippen molar-refractivity contribution in [3.63, 3.8) is 0 Å². The van der Waals surface area contributed by atoms with E-state index >= 15 is 0 Å². The highest BCUT2D eigenvalue weighted by Crippen LogP contribution is 2.54. The number of benzene rings is 8. The molecule has 0 aliphatic carbocycles. The average Bonchev–Trinajstić information content (AvgIpc) is 4.09. The van der Waals surface area contributed by atoms with Gasteiger partial charge in [-0.2, -0.15) is 5.26 Å². The van der Waals surface area contributed by atoms with Crippen LogP contribution in [0.25, 0.3) is 122 Å². The van der Waals surface area contributed by atoms with Crippen LogP contribution in [0.3, 0.4) is 0 Å². The van der Waals surface area contributed by atoms with Gasteiger partial charge in [0.15, 0.2) is 0 Å². The molecule has 0 aliphatic rings. The van der Waals surface area contributed by atoms with E-state index in [0.29, 0.717) is 22.5 Å². The maximum atomic E-state index is 11.7. The summed E-state index contributed by atoms with van der Waals surface area (Å²) in [5, 5.41) is 20.8. The van der Waals surface area contributed by atoms with Crippen molar-refractivity contribution >= 4 is 112 Å². The van der Waals surface area contributed by atoms with Crippen LogP contribution in [0, 0.1) is 17.9 Å². The van der Waals surface area contributed by atoms with Gasteiger partial charge in [0.1, 0.15) is 6.07 Å². The van der Waals surface area contributed by atoms with Crippen molar-refractivity contribution in [3.05, 3.63) is 193 Å². The molecule has 0 aliphatic heterocycles. The van der Waals surface area contributed by atoms with Crippen LogP contribution in [0.2, 0.25) is 0 Å². The summed E-state index contributed by atoms with van der Waals surface area (Å²) in [7, 11) is 0. The van der Waals surface area contributed by atoms with Gasteiger partial charge >= 0.3 is 0 Å². The van der Waals surface area contributed by atoms with Crippen molar-refractivity contribution in [2.24, 2.45) is 0 Å². The molecule has 0 unspecified atom stereocenters. The van der Waals surface area contributed by atoms with Crippen LogP contribution in [-0.4, -0.2) is 14.1 Å². The Hall–Kier alpha value is -8.07. The van der Waals surface area contributed by atoms with Crippen LogP contribution in [0.1, 0.15) is 5.56 Å². The topological polar surface area (TPSA) is 50.9 Å². The molecule has 286 valence electrons. The number of rotatable bonds is 4. The third kappa shape index (κ3) is 4.66. The summed E-state index contributed by atoms with van der Waals surface area (Å²) in [6, 6.07) is 59.8. The number of nitriles is 1. The van der Waals surface area contributed by atoms with Gasteiger partial charge in [0.2, 0.25) is 5.69 Å². The maximum absolute atomic E-state index is 11.7. The average molecular weight is 824 g/mol. The van der Waals surface area contributed by atoms with Crippen LogP contribution in [0.15, 0.2) is 176 Å². The molecule has 62 heavy (non-hydrogen) atoms. The van der Waals surface area contributed by atoms with E-state index in [4.69, 9.17) is 0 Å². The quantitative estimate of drug-likeness (QED) is 0.166. The van der Waals surface area contributed by atoms with E-state index in [2.05, 4.69) is 140 Å². The fourth-order valence-corrected chi connectivity index (χ4v) is 12.4. The first-order valence-corrected chi connectivity index (χ1v) is 22.0. The van der Waals surface area contributed by atoms with Gasteiger partial charge in [-0.05, 0) is 35.4 Å². The lowest BCUT2D eigenvalue weighted by atomic mass is 9.88. The summed E-state index contributed by atoms with van der Waals surface area (Å²) in [6.07, 6.45) is 3.73. The lowest BCUT2D eigenvalue weighted by Gasteiger charge is -2.26. The molecule has 5 aromatic heterocycles. The zero-order valence-electron chi connectivity index (χ0n) is 32.8. The smallest absolute Gasteiger partial charge is 0.220 e. The van der Waals surface area contributed by atoms with Crippen molar-refractivity contribution in [3.8, 4) is 39.7 Å². The molecular formula is C55H29N5S2. The molecule has 13 aromatic rings. The molecule has 0 fully saturated rings. The molecule has 0 bridgehead atoms. The third-order valence-corrected chi connectivity index (χ3v) is 14.9. The minimum Gasteiger partial charge on any atom is -0.316 e. The van der Waals surface area contributed by atoms with Gasteiger partial charge in [-0.3, -0.25) is 4.98 Å². The van der Waals surface area contributed by atoms with Gasteiger partial charge in [-0.1, -0.05) is 140 Å². The summed E-state index contributed by atoms with van der Waals surface area (Å²) in [6.45, 7) is 9.32. The zero-order chi connectivity index (χ0) is 41.1. The largest absolute Gasteiger partial charge is 0.316 e. The number of nitrogens with zero attached hydrogens (tertiary/aromatic N) is 5. The van der Waals surface area contributed by atoms with Crippen molar-refractivity contribution in [1.82, 2.24) is 14.1 Å². The number of para-hydroxylation sites is 1. The predicted molar refractivity (Wildman–Crippen MR) is 261 cm³/mol. The van der Waals surface area contributed by atoms with E-state index in [-0.39, 0.29) is 0 Å². The predicted octanol–water partition coefficient (Wildman–Crippen LogP) is 15.8. The summed E-state index contributed by atoms with van der Waals surface area (Å²) < 4.78 is 9.35. The van der Waals surface area contributed by atoms with Crippen LogP contribution in [-0.2, 0) is 0 Å². The van der Waals surface area contributed by atoms with Crippen molar-refractivity contribution in [2.45, 2.75) is 0 Å². The Bertz CT molecular complexity index is 3940. The second kappa shape index (κ2) is 13.2. The highest BCUT2D eigenvalue weighted by Gasteiger charge is 2.33. The van der Waals surface area contributed by atoms with Gasteiger partial charge in [-0.15, -0.1) is 22.7 Å². The number of thiophene rings is 2. The highest BCUT2D eigenvalue weighted by atomic mass is 32.1. The van der Waals surface area contributed by atoms with Gasteiger partial charge in [0, 0.05) is 69.8 Å². The van der Waals surface area contributed by atoms with Gasteiger partial charge < -0.3 is 9.13 Å². The Balaban J connectivity index is 1.37. The molecule has 5 heterocycles. The Labute approximate surface area is 362 Å². The molecule has 0 saturated carbocycles. The van der Waals surface area contributed by atoms with Crippen molar-refractivity contribution in [2.75, 3.05) is 0 Å². The van der Waals surface area contributed by atoms with E-state index in [9.17, 15) is 11.8 Å². The normalized spacial score (nSPS) is 11.8. The molecule has 0 amide bonds. The third-order valence-electron chi connectivity index (χ3n) is 12.5. The standard InChI is InChI=1S/C55H29N5S2/c1-57-49-47(32-14-4-2-5-15-32)42(30-56)50(59-43-21-11-8-18-34(43)35-28-29-58-31-44(35)59)48(33-16-6-3-7-17-33)53(49)60-51-38(24-26-40-36-19-9-12-22-45(36)61-54(40)51)39-25-27-41-37-20-10-13-23-46(37)62-55(41)52(39)60/h2-29,31H. The Morgan fingerprint density at radius 1 is 0.484 bits per heavy atom. The van der Waals surface area contributed by atoms with Crippen LogP contribution in [0.5, 0.6) is 0 Å².